The van der Waals surface area contributed by atoms with Crippen LogP contribution in [-0.4, -0.2) is 22.9 Å². The van der Waals surface area contributed by atoms with Gasteiger partial charge in [0.25, 0.3) is 0 Å². The van der Waals surface area contributed by atoms with Crippen molar-refractivity contribution in [2.45, 2.75) is 18.7 Å². The van der Waals surface area contributed by atoms with E-state index in [1.54, 1.807) is 24.3 Å². The van der Waals surface area contributed by atoms with Crippen molar-refractivity contribution in [1.29, 1.82) is 0 Å². The van der Waals surface area contributed by atoms with Crippen LogP contribution >= 0.6 is 46.4 Å². The third-order valence-corrected chi connectivity index (χ3v) is 6.56. The van der Waals surface area contributed by atoms with Gasteiger partial charge in [-0.1, -0.05) is 46.4 Å². The molecule has 2 heterocycles. The molecule has 32 heavy (non-hydrogen) atoms. The maximum Gasteiger partial charge on any atom is 0.217 e. The van der Waals surface area contributed by atoms with E-state index >= 15 is 0 Å². The van der Waals surface area contributed by atoms with Crippen LogP contribution in [-0.2, 0) is 0 Å². The van der Waals surface area contributed by atoms with Gasteiger partial charge in [0.05, 0.1) is 34.5 Å². The summed E-state index contributed by atoms with van der Waals surface area (Å²) in [5, 5.41) is 18.7. The monoisotopic (exact) mass is 508 g/mol. The molecule has 2 atom stereocenters. The molecule has 0 saturated heterocycles. The van der Waals surface area contributed by atoms with Gasteiger partial charge >= 0.3 is 0 Å². The molecular weight excluding hydrogens is 494 g/mol. The summed E-state index contributed by atoms with van der Waals surface area (Å²) >= 11 is 25.2. The Morgan fingerprint density at radius 3 is 2.31 bits per heavy atom. The first-order chi connectivity index (χ1) is 15.4. The molecule has 0 fully saturated rings. The van der Waals surface area contributed by atoms with Crippen molar-refractivity contribution in [3.63, 3.8) is 0 Å². The molecule has 0 radical (unpaired) electrons. The fourth-order valence-corrected chi connectivity index (χ4v) is 5.11. The second kappa shape index (κ2) is 8.23. The molecule has 164 valence electrons. The van der Waals surface area contributed by atoms with Crippen molar-refractivity contribution < 1.29 is 14.6 Å². The van der Waals surface area contributed by atoms with Crippen LogP contribution in [0.5, 0.6) is 17.2 Å². The molecule has 0 amide bonds. The Balaban J connectivity index is 1.65. The van der Waals surface area contributed by atoms with E-state index in [1.165, 1.54) is 6.07 Å². The van der Waals surface area contributed by atoms with Gasteiger partial charge in [-0.2, -0.15) is 5.10 Å². The molecule has 0 aromatic heterocycles. The molecule has 5 rings (SSSR count). The third kappa shape index (κ3) is 3.63. The van der Waals surface area contributed by atoms with E-state index in [1.807, 2.05) is 30.3 Å². The predicted octanol–water partition coefficient (Wildman–Crippen LogP) is 7.26. The van der Waals surface area contributed by atoms with E-state index < -0.39 is 6.23 Å². The topological polar surface area (TPSA) is 54.3 Å². The molecule has 0 unspecified atom stereocenters. The summed E-state index contributed by atoms with van der Waals surface area (Å²) in [6.07, 6.45) is -0.205. The van der Waals surface area contributed by atoms with Gasteiger partial charge in [-0.15, -0.1) is 0 Å². The number of hydrogen-bond acceptors (Lipinski definition) is 5. The summed E-state index contributed by atoms with van der Waals surface area (Å²) < 4.78 is 11.5. The largest absolute Gasteiger partial charge is 0.506 e. The number of phenolic OH excluding ortho intramolecular Hbond substituents is 1. The van der Waals surface area contributed by atoms with Crippen LogP contribution in [0.3, 0.4) is 0 Å². The zero-order valence-corrected chi connectivity index (χ0v) is 19.7. The standard InChI is InChI=1S/C23H16Cl4N2O3/c1-31-14-4-2-11(3-5-14)19-10-20-15-6-12(24)9-18(27)22(15)32-23(29(20)28-19)16-7-13(25)8-17(26)21(16)30/h2-9,20,23,30H,10H2,1H3/t20-,23-/m0/s1. The van der Waals surface area contributed by atoms with Gasteiger partial charge < -0.3 is 14.6 Å². The van der Waals surface area contributed by atoms with Gasteiger partial charge in [-0.3, -0.25) is 0 Å². The highest BCUT2D eigenvalue weighted by molar-refractivity contribution is 6.36. The van der Waals surface area contributed by atoms with Gasteiger partial charge in [-0.25, -0.2) is 5.01 Å². The summed E-state index contributed by atoms with van der Waals surface area (Å²) in [6.45, 7) is 0. The summed E-state index contributed by atoms with van der Waals surface area (Å²) in [6, 6.07) is 14.0. The normalized spacial score (nSPS) is 19.2. The molecule has 3 aromatic rings. The molecule has 0 spiro atoms. The third-order valence-electron chi connectivity index (χ3n) is 5.56. The number of ether oxygens (including phenoxy) is 2. The minimum atomic E-state index is -0.793. The van der Waals surface area contributed by atoms with Crippen molar-refractivity contribution in [1.82, 2.24) is 5.01 Å². The summed E-state index contributed by atoms with van der Waals surface area (Å²) in [5.74, 6) is 1.12. The van der Waals surface area contributed by atoms with Crippen molar-refractivity contribution in [3.8, 4) is 17.2 Å². The number of fused-ring (bicyclic) bond motifs is 3. The van der Waals surface area contributed by atoms with E-state index in [9.17, 15) is 5.11 Å². The molecule has 1 N–H and O–H groups in total. The van der Waals surface area contributed by atoms with Crippen LogP contribution < -0.4 is 9.47 Å². The predicted molar refractivity (Wildman–Crippen MR) is 127 cm³/mol. The highest BCUT2D eigenvalue weighted by atomic mass is 35.5. The molecule has 9 heteroatoms. The van der Waals surface area contributed by atoms with Gasteiger partial charge in [0.2, 0.25) is 6.23 Å². The number of phenols is 1. The maximum atomic E-state index is 10.7. The van der Waals surface area contributed by atoms with E-state index in [0.717, 1.165) is 22.6 Å². The number of benzene rings is 3. The summed E-state index contributed by atoms with van der Waals surface area (Å²) in [4.78, 5) is 0. The van der Waals surface area contributed by atoms with E-state index in [0.29, 0.717) is 32.8 Å². The minimum Gasteiger partial charge on any atom is -0.506 e. The summed E-state index contributed by atoms with van der Waals surface area (Å²) in [5.41, 5.74) is 3.01. The zero-order chi connectivity index (χ0) is 22.6. The fraction of sp³-hybridized carbons (Fsp3) is 0.174. The smallest absolute Gasteiger partial charge is 0.217 e. The van der Waals surface area contributed by atoms with E-state index in [2.05, 4.69) is 0 Å². The van der Waals surface area contributed by atoms with E-state index in [-0.39, 0.29) is 16.8 Å². The maximum absolute atomic E-state index is 10.7. The number of nitrogens with zero attached hydrogens (tertiary/aromatic N) is 2. The van der Waals surface area contributed by atoms with Crippen LogP contribution in [0, 0.1) is 0 Å². The number of hydrazone groups is 1. The number of halogens is 4. The Kier molecular flexibility index (Phi) is 5.54. The molecule has 2 aliphatic rings. The number of methoxy groups -OCH3 is 1. The number of hydrogen-bond donors (Lipinski definition) is 1. The Hall–Kier alpha value is -2.31. The Morgan fingerprint density at radius 2 is 1.62 bits per heavy atom. The van der Waals surface area contributed by atoms with Crippen molar-refractivity contribution in [2.75, 3.05) is 7.11 Å². The SMILES string of the molecule is COc1ccc(C2=NN3[C@@H](C2)c2cc(Cl)cc(Cl)c2O[C@H]3c2cc(Cl)cc(Cl)c2O)cc1. The Bertz CT molecular complexity index is 1250. The molecular formula is C23H16Cl4N2O3. The Labute approximate surface area is 204 Å². The number of aromatic hydroxyl groups is 1. The van der Waals surface area contributed by atoms with Crippen molar-refractivity contribution in [3.05, 3.63) is 85.3 Å². The van der Waals surface area contributed by atoms with Gasteiger partial charge in [-0.05, 0) is 54.1 Å². The minimum absolute atomic E-state index is 0.124. The van der Waals surface area contributed by atoms with Crippen LogP contribution in [0.15, 0.2) is 53.6 Å². The zero-order valence-electron chi connectivity index (χ0n) is 16.7. The van der Waals surface area contributed by atoms with Gasteiger partial charge in [0.15, 0.2) is 0 Å². The van der Waals surface area contributed by atoms with Crippen LogP contribution in [0.2, 0.25) is 20.1 Å². The average molecular weight is 510 g/mol. The van der Waals surface area contributed by atoms with E-state index in [4.69, 9.17) is 61.0 Å². The lowest BCUT2D eigenvalue weighted by Gasteiger charge is -2.38. The fourth-order valence-electron chi connectivity index (χ4n) is 4.05. The Morgan fingerprint density at radius 1 is 0.969 bits per heavy atom. The highest BCUT2D eigenvalue weighted by Crippen LogP contribution is 2.52. The van der Waals surface area contributed by atoms with Crippen LogP contribution in [0.1, 0.15) is 35.4 Å². The average Bonchev–Trinajstić information content (AvgIpc) is 3.22. The second-order valence-electron chi connectivity index (χ2n) is 7.48. The van der Waals surface area contributed by atoms with Crippen molar-refractivity contribution >= 4 is 52.1 Å². The number of rotatable bonds is 3. The lowest BCUT2D eigenvalue weighted by molar-refractivity contribution is -0.0202. The molecule has 0 aliphatic carbocycles. The lowest BCUT2D eigenvalue weighted by Crippen LogP contribution is -2.34. The van der Waals surface area contributed by atoms with Gasteiger partial charge in [0, 0.05) is 22.0 Å². The van der Waals surface area contributed by atoms with Crippen LogP contribution in [0.25, 0.3) is 0 Å². The first-order valence-electron chi connectivity index (χ1n) is 9.69. The molecule has 0 bridgehead atoms. The summed E-state index contributed by atoms with van der Waals surface area (Å²) in [7, 11) is 1.62. The first-order valence-corrected chi connectivity index (χ1v) is 11.2. The van der Waals surface area contributed by atoms with Gasteiger partial charge in [0.1, 0.15) is 17.2 Å². The molecule has 2 aliphatic heterocycles. The van der Waals surface area contributed by atoms with Crippen molar-refractivity contribution in [2.24, 2.45) is 5.10 Å². The first kappa shape index (κ1) is 21.5. The molecule has 0 saturated carbocycles. The second-order valence-corrected chi connectivity index (χ2v) is 9.16. The quantitative estimate of drug-likeness (QED) is 0.403. The molecule has 5 nitrogen and oxygen atoms in total. The molecule has 3 aromatic carbocycles. The lowest BCUT2D eigenvalue weighted by atomic mass is 9.95. The highest BCUT2D eigenvalue weighted by Gasteiger charge is 2.43. The van der Waals surface area contributed by atoms with Crippen LogP contribution in [0.4, 0.5) is 0 Å².